The first-order valence-electron chi connectivity index (χ1n) is 6.97. The molecule has 1 aliphatic rings. The van der Waals surface area contributed by atoms with Gasteiger partial charge in [-0.3, -0.25) is 5.10 Å². The van der Waals surface area contributed by atoms with E-state index in [0.29, 0.717) is 11.9 Å². The highest BCUT2D eigenvalue weighted by Gasteiger charge is 2.18. The molecule has 5 heteroatoms. The Kier molecular flexibility index (Phi) is 3.60. The fourth-order valence-electron chi connectivity index (χ4n) is 2.52. The molecule has 3 rings (SSSR count). The van der Waals surface area contributed by atoms with Crippen LogP contribution in [0.2, 0.25) is 0 Å². The number of rotatable bonds is 3. The summed E-state index contributed by atoms with van der Waals surface area (Å²) < 4.78 is 6.08. The number of likely N-dealkylation sites (tertiary alicyclic amines) is 1. The van der Waals surface area contributed by atoms with Crippen LogP contribution in [0.25, 0.3) is 11.3 Å². The number of hydrogen-bond donors (Lipinski definition) is 2. The van der Waals surface area contributed by atoms with Crippen LogP contribution in [-0.4, -0.2) is 41.3 Å². The summed E-state index contributed by atoms with van der Waals surface area (Å²) in [5.41, 5.74) is 7.59. The minimum Gasteiger partial charge on any atom is -0.490 e. The van der Waals surface area contributed by atoms with Gasteiger partial charge in [-0.1, -0.05) is 12.1 Å². The van der Waals surface area contributed by atoms with E-state index in [2.05, 4.69) is 22.1 Å². The highest BCUT2D eigenvalue weighted by atomic mass is 16.5. The van der Waals surface area contributed by atoms with E-state index in [1.807, 2.05) is 30.3 Å². The molecular formula is C15H20N4O. The van der Waals surface area contributed by atoms with Gasteiger partial charge >= 0.3 is 0 Å². The molecule has 1 aromatic heterocycles. The lowest BCUT2D eigenvalue weighted by Crippen LogP contribution is -2.35. The molecule has 0 atom stereocenters. The van der Waals surface area contributed by atoms with Crippen LogP contribution in [0.15, 0.2) is 30.3 Å². The first kappa shape index (κ1) is 13.0. The van der Waals surface area contributed by atoms with Gasteiger partial charge in [0.1, 0.15) is 17.7 Å². The van der Waals surface area contributed by atoms with Crippen molar-refractivity contribution in [2.24, 2.45) is 0 Å². The van der Waals surface area contributed by atoms with Crippen LogP contribution in [0.5, 0.6) is 5.75 Å². The lowest BCUT2D eigenvalue weighted by Gasteiger charge is -2.29. The lowest BCUT2D eigenvalue weighted by molar-refractivity contribution is 0.114. The zero-order valence-electron chi connectivity index (χ0n) is 11.7. The summed E-state index contributed by atoms with van der Waals surface area (Å²) in [7, 11) is 2.15. The highest BCUT2D eigenvalue weighted by Crippen LogP contribution is 2.25. The van der Waals surface area contributed by atoms with Crippen LogP contribution in [0.4, 0.5) is 5.82 Å². The number of nitrogens with two attached hydrogens (primary N) is 1. The van der Waals surface area contributed by atoms with E-state index in [1.54, 1.807) is 0 Å². The summed E-state index contributed by atoms with van der Waals surface area (Å²) >= 11 is 0. The van der Waals surface area contributed by atoms with Crippen molar-refractivity contribution >= 4 is 5.82 Å². The van der Waals surface area contributed by atoms with Gasteiger partial charge < -0.3 is 15.4 Å². The first-order chi connectivity index (χ1) is 9.70. The largest absolute Gasteiger partial charge is 0.490 e. The second-order valence-electron chi connectivity index (χ2n) is 5.35. The van der Waals surface area contributed by atoms with Crippen LogP contribution >= 0.6 is 0 Å². The zero-order valence-corrected chi connectivity index (χ0v) is 11.7. The second-order valence-corrected chi connectivity index (χ2v) is 5.35. The molecule has 5 nitrogen and oxygen atoms in total. The molecule has 20 heavy (non-hydrogen) atoms. The van der Waals surface area contributed by atoms with Gasteiger partial charge in [0.2, 0.25) is 0 Å². The third-order valence-electron chi connectivity index (χ3n) is 3.71. The molecule has 1 aliphatic heterocycles. The molecule has 1 aromatic carbocycles. The number of piperidine rings is 1. The molecule has 3 N–H and O–H groups in total. The van der Waals surface area contributed by atoms with Gasteiger partial charge in [-0.25, -0.2) is 0 Å². The summed E-state index contributed by atoms with van der Waals surface area (Å²) in [4.78, 5) is 2.34. The molecule has 2 heterocycles. The van der Waals surface area contributed by atoms with Gasteiger partial charge in [0, 0.05) is 24.7 Å². The summed E-state index contributed by atoms with van der Waals surface area (Å²) in [6.07, 6.45) is 2.48. The van der Waals surface area contributed by atoms with Crippen molar-refractivity contribution in [3.63, 3.8) is 0 Å². The van der Waals surface area contributed by atoms with E-state index in [1.165, 1.54) is 0 Å². The number of ether oxygens (including phenoxy) is 1. The maximum Gasteiger partial charge on any atom is 0.145 e. The molecule has 0 unspecified atom stereocenters. The fourth-order valence-corrected chi connectivity index (χ4v) is 2.52. The monoisotopic (exact) mass is 272 g/mol. The molecule has 1 saturated heterocycles. The molecule has 1 fully saturated rings. The van der Waals surface area contributed by atoms with E-state index in [4.69, 9.17) is 10.5 Å². The fraction of sp³-hybridized carbons (Fsp3) is 0.400. The van der Waals surface area contributed by atoms with Gasteiger partial charge in [-0.15, -0.1) is 0 Å². The third kappa shape index (κ3) is 2.93. The normalized spacial score (nSPS) is 17.2. The smallest absolute Gasteiger partial charge is 0.145 e. The first-order valence-corrected chi connectivity index (χ1v) is 6.97. The summed E-state index contributed by atoms with van der Waals surface area (Å²) in [5, 5.41) is 6.87. The van der Waals surface area contributed by atoms with Gasteiger partial charge in [0.05, 0.1) is 5.69 Å². The molecule has 0 spiro atoms. The maximum absolute atomic E-state index is 6.08. The van der Waals surface area contributed by atoms with Gasteiger partial charge in [-0.2, -0.15) is 5.10 Å². The minimum atomic E-state index is 0.313. The molecule has 0 bridgehead atoms. The standard InChI is InChI=1S/C15H20N4O/c1-19-7-5-12(6-8-19)20-13-4-2-3-11(9-13)14-10-15(16)18-17-14/h2-4,9-10,12H,5-8H2,1H3,(H3,16,17,18). The van der Waals surface area contributed by atoms with Crippen molar-refractivity contribution in [3.8, 4) is 17.0 Å². The Balaban J connectivity index is 1.71. The van der Waals surface area contributed by atoms with Crippen molar-refractivity contribution < 1.29 is 4.74 Å². The average molecular weight is 272 g/mol. The van der Waals surface area contributed by atoms with Crippen molar-refractivity contribution in [1.29, 1.82) is 0 Å². The Morgan fingerprint density at radius 3 is 2.80 bits per heavy atom. The van der Waals surface area contributed by atoms with Crippen LogP contribution in [0.1, 0.15) is 12.8 Å². The van der Waals surface area contributed by atoms with Crippen LogP contribution in [0, 0.1) is 0 Å². The molecular weight excluding hydrogens is 252 g/mol. The zero-order chi connectivity index (χ0) is 13.9. The van der Waals surface area contributed by atoms with Gasteiger partial charge in [-0.05, 0) is 32.0 Å². The molecule has 0 saturated carbocycles. The molecule has 0 amide bonds. The van der Waals surface area contributed by atoms with E-state index in [9.17, 15) is 0 Å². The number of nitrogen functional groups attached to an aromatic ring is 1. The molecule has 2 aromatic rings. The van der Waals surface area contributed by atoms with Crippen LogP contribution in [-0.2, 0) is 0 Å². The molecule has 106 valence electrons. The van der Waals surface area contributed by atoms with E-state index in [0.717, 1.165) is 42.9 Å². The number of aromatic nitrogens is 2. The third-order valence-corrected chi connectivity index (χ3v) is 3.71. The number of hydrogen-bond acceptors (Lipinski definition) is 4. The lowest BCUT2D eigenvalue weighted by atomic mass is 10.1. The number of nitrogens with one attached hydrogen (secondary N) is 1. The summed E-state index contributed by atoms with van der Waals surface area (Å²) in [6.45, 7) is 2.20. The van der Waals surface area contributed by atoms with E-state index >= 15 is 0 Å². The van der Waals surface area contributed by atoms with Crippen molar-refractivity contribution in [2.45, 2.75) is 18.9 Å². The van der Waals surface area contributed by atoms with Gasteiger partial charge in [0.25, 0.3) is 0 Å². The van der Waals surface area contributed by atoms with Crippen molar-refractivity contribution in [2.75, 3.05) is 25.9 Å². The topological polar surface area (TPSA) is 67.2 Å². The Hall–Kier alpha value is -2.01. The number of H-pyrrole nitrogens is 1. The van der Waals surface area contributed by atoms with E-state index < -0.39 is 0 Å². The number of aromatic amines is 1. The van der Waals surface area contributed by atoms with Crippen molar-refractivity contribution in [3.05, 3.63) is 30.3 Å². The van der Waals surface area contributed by atoms with Crippen LogP contribution < -0.4 is 10.5 Å². The summed E-state index contributed by atoms with van der Waals surface area (Å²) in [6, 6.07) is 9.88. The number of anilines is 1. The minimum absolute atomic E-state index is 0.313. The number of nitrogens with zero attached hydrogens (tertiary/aromatic N) is 2. The van der Waals surface area contributed by atoms with Gasteiger partial charge in [0.15, 0.2) is 0 Å². The molecule has 0 aliphatic carbocycles. The van der Waals surface area contributed by atoms with Crippen molar-refractivity contribution in [1.82, 2.24) is 15.1 Å². The predicted molar refractivity (Wildman–Crippen MR) is 79.6 cm³/mol. The second kappa shape index (κ2) is 5.54. The maximum atomic E-state index is 6.08. The quantitative estimate of drug-likeness (QED) is 0.898. The van der Waals surface area contributed by atoms with E-state index in [-0.39, 0.29) is 0 Å². The Bertz CT molecular complexity index is 573. The Labute approximate surface area is 118 Å². The summed E-state index contributed by atoms with van der Waals surface area (Å²) in [5.74, 6) is 1.41. The average Bonchev–Trinajstić information content (AvgIpc) is 2.89. The Morgan fingerprint density at radius 1 is 1.30 bits per heavy atom. The predicted octanol–water partition coefficient (Wildman–Crippen LogP) is 2.13. The number of benzene rings is 1. The Morgan fingerprint density at radius 2 is 2.10 bits per heavy atom. The highest BCUT2D eigenvalue weighted by molar-refractivity contribution is 5.63. The SMILES string of the molecule is CN1CCC(Oc2cccc(-c3cc(N)n[nH]3)c2)CC1. The molecule has 0 radical (unpaired) electrons. The van der Waals surface area contributed by atoms with Crippen LogP contribution in [0.3, 0.4) is 0 Å².